The molecule has 12 heavy (non-hydrogen) atoms. The Hall–Kier alpha value is -1.33. The van der Waals surface area contributed by atoms with Crippen LogP contribution in [-0.4, -0.2) is 23.3 Å². The van der Waals surface area contributed by atoms with Gasteiger partial charge in [0.05, 0.1) is 6.61 Å². The topological polar surface area (TPSA) is 78.7 Å². The third kappa shape index (κ3) is 3.18. The molecular formula is C6H11NO5. The number of carbonyl (C=O) groups is 1. The lowest BCUT2D eigenvalue weighted by atomic mass is 10.1. The van der Waals surface area contributed by atoms with E-state index in [1.165, 1.54) is 13.8 Å². The normalized spacial score (nSPS) is 10.6. The first-order chi connectivity index (χ1) is 5.40. The maximum Gasteiger partial charge on any atom is 0.337 e. The second kappa shape index (κ2) is 3.89. The first kappa shape index (κ1) is 10.7. The zero-order valence-corrected chi connectivity index (χ0v) is 7.20. The minimum atomic E-state index is -1.53. The average Bonchev–Trinajstić information content (AvgIpc) is 1.85. The van der Waals surface area contributed by atoms with Gasteiger partial charge in [0.1, 0.15) is 0 Å². The van der Waals surface area contributed by atoms with Crippen molar-refractivity contribution in [3.05, 3.63) is 10.1 Å². The second-order valence-electron chi connectivity index (χ2n) is 2.55. The highest BCUT2D eigenvalue weighted by Crippen LogP contribution is 2.11. The Morgan fingerprint density at radius 1 is 1.58 bits per heavy atom. The molecule has 0 aromatic heterocycles. The summed E-state index contributed by atoms with van der Waals surface area (Å²) in [5.41, 5.74) is -1.53. The van der Waals surface area contributed by atoms with Crippen molar-refractivity contribution in [1.82, 2.24) is 0 Å². The van der Waals surface area contributed by atoms with Crippen molar-refractivity contribution in [3.63, 3.8) is 0 Å². The van der Waals surface area contributed by atoms with Crippen LogP contribution in [0.1, 0.15) is 20.8 Å². The Bertz CT molecular complexity index is 188. The molecule has 0 radical (unpaired) electrons. The largest absolute Gasteiger partial charge is 0.464 e. The van der Waals surface area contributed by atoms with Gasteiger partial charge in [-0.1, -0.05) is 0 Å². The molecule has 0 saturated carbocycles. The van der Waals surface area contributed by atoms with Crippen LogP contribution in [0.3, 0.4) is 0 Å². The summed E-state index contributed by atoms with van der Waals surface area (Å²) in [4.78, 5) is 24.9. The van der Waals surface area contributed by atoms with Crippen LogP contribution in [0.4, 0.5) is 0 Å². The number of rotatable bonds is 4. The third-order valence-electron chi connectivity index (χ3n) is 1.07. The molecule has 0 aliphatic rings. The van der Waals surface area contributed by atoms with Crippen LogP contribution in [0.25, 0.3) is 0 Å². The van der Waals surface area contributed by atoms with E-state index in [4.69, 9.17) is 0 Å². The van der Waals surface area contributed by atoms with Gasteiger partial charge in [-0.2, -0.15) is 0 Å². The summed E-state index contributed by atoms with van der Waals surface area (Å²) in [6, 6.07) is 0. The minimum absolute atomic E-state index is 0.170. The summed E-state index contributed by atoms with van der Waals surface area (Å²) in [5, 5.41) is 8.88. The van der Waals surface area contributed by atoms with Crippen LogP contribution in [-0.2, 0) is 14.4 Å². The van der Waals surface area contributed by atoms with Gasteiger partial charge in [-0.25, -0.2) is 4.79 Å². The minimum Gasteiger partial charge on any atom is -0.464 e. The SMILES string of the molecule is CCOC(=O)C(C)(C)O[N+](=O)[O-]. The van der Waals surface area contributed by atoms with Crippen LogP contribution >= 0.6 is 0 Å². The van der Waals surface area contributed by atoms with Gasteiger partial charge in [0.25, 0.3) is 5.09 Å². The molecule has 70 valence electrons. The zero-order valence-electron chi connectivity index (χ0n) is 7.20. The lowest BCUT2D eigenvalue weighted by Crippen LogP contribution is -2.38. The molecule has 0 unspecified atom stereocenters. The Kier molecular flexibility index (Phi) is 3.46. The molecule has 0 rings (SSSR count). The standard InChI is InChI=1S/C6H11NO5/c1-4-11-5(8)6(2,3)12-7(9)10/h4H2,1-3H3. The first-order valence-corrected chi connectivity index (χ1v) is 3.41. The van der Waals surface area contributed by atoms with Crippen LogP contribution in [0, 0.1) is 10.1 Å². The lowest BCUT2D eigenvalue weighted by Gasteiger charge is -2.18. The summed E-state index contributed by atoms with van der Waals surface area (Å²) >= 11 is 0. The molecule has 6 heteroatoms. The second-order valence-corrected chi connectivity index (χ2v) is 2.55. The number of hydrogen-bond acceptors (Lipinski definition) is 5. The van der Waals surface area contributed by atoms with Gasteiger partial charge in [-0.05, 0) is 20.8 Å². The highest BCUT2D eigenvalue weighted by Gasteiger charge is 2.33. The molecule has 6 nitrogen and oxygen atoms in total. The van der Waals surface area contributed by atoms with E-state index in [1.54, 1.807) is 6.92 Å². The van der Waals surface area contributed by atoms with Crippen LogP contribution < -0.4 is 0 Å². The van der Waals surface area contributed by atoms with Crippen molar-refractivity contribution in [2.75, 3.05) is 6.61 Å². The van der Waals surface area contributed by atoms with Gasteiger partial charge in [0.15, 0.2) is 0 Å². The zero-order chi connectivity index (χ0) is 9.78. The van der Waals surface area contributed by atoms with Gasteiger partial charge in [-0.15, -0.1) is 10.1 Å². The summed E-state index contributed by atoms with van der Waals surface area (Å²) in [5.74, 6) is -0.748. The fourth-order valence-electron chi connectivity index (χ4n) is 0.529. The molecular weight excluding hydrogens is 166 g/mol. The maximum atomic E-state index is 10.9. The highest BCUT2D eigenvalue weighted by molar-refractivity contribution is 5.78. The molecule has 0 spiro atoms. The van der Waals surface area contributed by atoms with Crippen LogP contribution in [0.15, 0.2) is 0 Å². The van der Waals surface area contributed by atoms with Crippen LogP contribution in [0.2, 0.25) is 0 Å². The number of esters is 1. The van der Waals surface area contributed by atoms with Crippen LogP contribution in [0.5, 0.6) is 0 Å². The molecule has 0 aliphatic carbocycles. The molecule has 0 N–H and O–H groups in total. The summed E-state index contributed by atoms with van der Waals surface area (Å²) in [7, 11) is 0. The van der Waals surface area contributed by atoms with Gasteiger partial charge in [-0.3, -0.25) is 4.84 Å². The smallest absolute Gasteiger partial charge is 0.337 e. The fourth-order valence-corrected chi connectivity index (χ4v) is 0.529. The quantitative estimate of drug-likeness (QED) is 0.355. The van der Waals surface area contributed by atoms with E-state index < -0.39 is 16.7 Å². The van der Waals surface area contributed by atoms with Crippen molar-refractivity contribution < 1.29 is 19.5 Å². The predicted octanol–water partition coefficient (Wildman–Crippen LogP) is 0.536. The number of carbonyl (C=O) groups excluding carboxylic acids is 1. The summed E-state index contributed by atoms with van der Waals surface area (Å²) < 4.78 is 4.54. The summed E-state index contributed by atoms with van der Waals surface area (Å²) in [6.45, 7) is 4.32. The summed E-state index contributed by atoms with van der Waals surface area (Å²) in [6.07, 6.45) is 0. The lowest BCUT2D eigenvalue weighted by molar-refractivity contribution is -0.774. The monoisotopic (exact) mass is 177 g/mol. The van der Waals surface area contributed by atoms with Gasteiger partial charge in [0.2, 0.25) is 5.60 Å². The van der Waals surface area contributed by atoms with E-state index in [-0.39, 0.29) is 6.61 Å². The fraction of sp³-hybridized carbons (Fsp3) is 0.833. The van der Waals surface area contributed by atoms with E-state index >= 15 is 0 Å². The third-order valence-corrected chi connectivity index (χ3v) is 1.07. The van der Waals surface area contributed by atoms with E-state index in [9.17, 15) is 14.9 Å². The molecule has 0 bridgehead atoms. The molecule has 0 atom stereocenters. The number of hydrogen-bond donors (Lipinski definition) is 0. The number of ether oxygens (including phenoxy) is 1. The molecule has 0 fully saturated rings. The Balaban J connectivity index is 4.18. The average molecular weight is 177 g/mol. The van der Waals surface area contributed by atoms with Crippen molar-refractivity contribution in [1.29, 1.82) is 0 Å². The Morgan fingerprint density at radius 3 is 2.42 bits per heavy atom. The highest BCUT2D eigenvalue weighted by atomic mass is 17.0. The molecule has 0 heterocycles. The van der Waals surface area contributed by atoms with E-state index in [0.717, 1.165) is 0 Å². The van der Waals surface area contributed by atoms with E-state index in [0.29, 0.717) is 0 Å². The molecule has 0 saturated heterocycles. The Morgan fingerprint density at radius 2 is 2.08 bits per heavy atom. The first-order valence-electron chi connectivity index (χ1n) is 3.41. The van der Waals surface area contributed by atoms with Crippen molar-refractivity contribution in [3.8, 4) is 0 Å². The predicted molar refractivity (Wildman–Crippen MR) is 38.8 cm³/mol. The molecule has 0 aromatic rings. The maximum absolute atomic E-state index is 10.9. The van der Waals surface area contributed by atoms with Gasteiger partial charge >= 0.3 is 5.97 Å². The molecule has 0 aromatic carbocycles. The van der Waals surface area contributed by atoms with Crippen molar-refractivity contribution >= 4 is 5.97 Å². The van der Waals surface area contributed by atoms with Gasteiger partial charge < -0.3 is 4.74 Å². The van der Waals surface area contributed by atoms with E-state index in [1.807, 2.05) is 0 Å². The molecule has 0 amide bonds. The van der Waals surface area contributed by atoms with Gasteiger partial charge in [0, 0.05) is 0 Å². The van der Waals surface area contributed by atoms with E-state index in [2.05, 4.69) is 9.57 Å². The number of nitrogens with zero attached hydrogens (tertiary/aromatic N) is 1. The Labute approximate surface area is 69.6 Å². The molecule has 0 aliphatic heterocycles. The van der Waals surface area contributed by atoms with Crippen molar-refractivity contribution in [2.24, 2.45) is 0 Å². The van der Waals surface area contributed by atoms with Crippen molar-refractivity contribution in [2.45, 2.75) is 26.4 Å².